The summed E-state index contributed by atoms with van der Waals surface area (Å²) in [7, 11) is -3.68. The number of nitro benzene ring substituents is 1. The van der Waals surface area contributed by atoms with E-state index in [1.807, 2.05) is 13.8 Å². The number of nitrogens with zero attached hydrogens (tertiary/aromatic N) is 2. The summed E-state index contributed by atoms with van der Waals surface area (Å²) in [6.45, 7) is 4.19. The Balaban J connectivity index is 2.45. The van der Waals surface area contributed by atoms with Crippen molar-refractivity contribution in [1.82, 2.24) is 4.31 Å². The lowest BCUT2D eigenvalue weighted by atomic mass is 10.0. The van der Waals surface area contributed by atoms with Crippen molar-refractivity contribution >= 4 is 21.4 Å². The van der Waals surface area contributed by atoms with Crippen LogP contribution in [0.2, 0.25) is 0 Å². The second kappa shape index (κ2) is 4.71. The molecule has 0 aliphatic carbocycles. The van der Waals surface area contributed by atoms with E-state index in [-0.39, 0.29) is 16.3 Å². The molecule has 0 aromatic heterocycles. The molecule has 0 atom stereocenters. The largest absolute Gasteiger partial charge is 0.393 e. The first-order chi connectivity index (χ1) is 9.16. The van der Waals surface area contributed by atoms with Crippen LogP contribution in [0.4, 0.5) is 11.4 Å². The van der Waals surface area contributed by atoms with Gasteiger partial charge in [-0.15, -0.1) is 0 Å². The highest BCUT2D eigenvalue weighted by Crippen LogP contribution is 2.35. The second-order valence-corrected chi connectivity index (χ2v) is 7.33. The van der Waals surface area contributed by atoms with Gasteiger partial charge >= 0.3 is 0 Å². The number of benzene rings is 1. The van der Waals surface area contributed by atoms with E-state index in [9.17, 15) is 18.5 Å². The monoisotopic (exact) mass is 299 g/mol. The highest BCUT2D eigenvalue weighted by atomic mass is 32.2. The standard InChI is InChI=1S/C12H17N3O4S/c1-12(2)6-3-7-14(12)20(18,19)9-4-5-11(15(16)17)10(13)8-9/h4-5,8H,3,6-7,13H2,1-2H3. The van der Waals surface area contributed by atoms with E-state index in [0.717, 1.165) is 25.0 Å². The zero-order valence-electron chi connectivity index (χ0n) is 11.4. The Morgan fingerprint density at radius 1 is 1.40 bits per heavy atom. The molecule has 1 aliphatic heterocycles. The maximum atomic E-state index is 12.6. The van der Waals surface area contributed by atoms with E-state index in [1.165, 1.54) is 10.4 Å². The van der Waals surface area contributed by atoms with Crippen LogP contribution < -0.4 is 5.73 Å². The number of nitrogen functional groups attached to an aromatic ring is 1. The third-order valence-corrected chi connectivity index (χ3v) is 5.72. The Bertz CT molecular complexity index is 655. The van der Waals surface area contributed by atoms with Crippen LogP contribution in [0.25, 0.3) is 0 Å². The predicted octanol–water partition coefficient (Wildman–Crippen LogP) is 1.74. The van der Waals surface area contributed by atoms with Gasteiger partial charge in [0.15, 0.2) is 0 Å². The molecule has 1 fully saturated rings. The lowest BCUT2D eigenvalue weighted by molar-refractivity contribution is -0.383. The SMILES string of the molecule is CC1(C)CCCN1S(=O)(=O)c1ccc([N+](=O)[O-])c(N)c1. The fourth-order valence-corrected chi connectivity index (χ4v) is 4.40. The molecule has 0 spiro atoms. The van der Waals surface area contributed by atoms with Gasteiger partial charge in [0.2, 0.25) is 10.0 Å². The molecule has 1 aromatic rings. The number of hydrogen-bond acceptors (Lipinski definition) is 5. The zero-order valence-corrected chi connectivity index (χ0v) is 12.2. The van der Waals surface area contributed by atoms with Crippen LogP contribution in [-0.4, -0.2) is 29.7 Å². The van der Waals surface area contributed by atoms with Gasteiger partial charge in [0.1, 0.15) is 5.69 Å². The predicted molar refractivity (Wildman–Crippen MR) is 74.7 cm³/mol. The minimum absolute atomic E-state index is 0.00410. The van der Waals surface area contributed by atoms with E-state index in [0.29, 0.717) is 6.54 Å². The Hall–Kier alpha value is -1.67. The summed E-state index contributed by atoms with van der Waals surface area (Å²) in [5, 5.41) is 10.7. The van der Waals surface area contributed by atoms with Crippen LogP contribution in [0, 0.1) is 10.1 Å². The van der Waals surface area contributed by atoms with E-state index in [4.69, 9.17) is 5.73 Å². The number of sulfonamides is 1. The Kier molecular flexibility index (Phi) is 3.47. The molecular formula is C12H17N3O4S. The third-order valence-electron chi connectivity index (χ3n) is 3.61. The Labute approximate surface area is 117 Å². The van der Waals surface area contributed by atoms with Crippen molar-refractivity contribution in [2.24, 2.45) is 0 Å². The van der Waals surface area contributed by atoms with Crippen molar-refractivity contribution in [2.45, 2.75) is 37.1 Å². The molecule has 0 radical (unpaired) electrons. The molecule has 1 aliphatic rings. The molecule has 20 heavy (non-hydrogen) atoms. The first kappa shape index (κ1) is 14.7. The topological polar surface area (TPSA) is 107 Å². The Morgan fingerprint density at radius 3 is 2.50 bits per heavy atom. The molecule has 2 N–H and O–H groups in total. The molecular weight excluding hydrogens is 282 g/mol. The summed E-state index contributed by atoms with van der Waals surface area (Å²) in [6.07, 6.45) is 1.59. The summed E-state index contributed by atoms with van der Waals surface area (Å²) in [5.41, 5.74) is 4.68. The van der Waals surface area contributed by atoms with Crippen LogP contribution >= 0.6 is 0 Å². The molecule has 1 aromatic carbocycles. The summed E-state index contributed by atoms with van der Waals surface area (Å²) in [6, 6.07) is 3.52. The van der Waals surface area contributed by atoms with E-state index in [1.54, 1.807) is 0 Å². The van der Waals surface area contributed by atoms with Gasteiger partial charge in [0.25, 0.3) is 5.69 Å². The van der Waals surface area contributed by atoms with Crippen molar-refractivity contribution in [3.8, 4) is 0 Å². The van der Waals surface area contributed by atoms with Gasteiger partial charge in [-0.25, -0.2) is 8.42 Å². The smallest absolute Gasteiger partial charge is 0.292 e. The average molecular weight is 299 g/mol. The van der Waals surface area contributed by atoms with Gasteiger partial charge in [0, 0.05) is 18.2 Å². The molecule has 0 saturated carbocycles. The lowest BCUT2D eigenvalue weighted by Gasteiger charge is -2.30. The average Bonchev–Trinajstić information content (AvgIpc) is 2.68. The highest BCUT2D eigenvalue weighted by Gasteiger charge is 2.41. The van der Waals surface area contributed by atoms with E-state index < -0.39 is 20.5 Å². The van der Waals surface area contributed by atoms with Crippen molar-refractivity contribution in [3.63, 3.8) is 0 Å². The quantitative estimate of drug-likeness (QED) is 0.519. The van der Waals surface area contributed by atoms with Crippen LogP contribution in [0.15, 0.2) is 23.1 Å². The molecule has 0 bridgehead atoms. The maximum Gasteiger partial charge on any atom is 0.292 e. The molecule has 2 rings (SSSR count). The fourth-order valence-electron chi connectivity index (χ4n) is 2.51. The maximum absolute atomic E-state index is 12.6. The molecule has 0 unspecified atom stereocenters. The Morgan fingerprint density at radius 2 is 2.05 bits per heavy atom. The van der Waals surface area contributed by atoms with Gasteiger partial charge in [0.05, 0.1) is 9.82 Å². The number of anilines is 1. The lowest BCUT2D eigenvalue weighted by Crippen LogP contribution is -2.42. The van der Waals surface area contributed by atoms with Crippen molar-refractivity contribution in [3.05, 3.63) is 28.3 Å². The van der Waals surface area contributed by atoms with Crippen molar-refractivity contribution in [2.75, 3.05) is 12.3 Å². The van der Waals surface area contributed by atoms with E-state index >= 15 is 0 Å². The minimum Gasteiger partial charge on any atom is -0.393 e. The third kappa shape index (κ3) is 2.36. The first-order valence-corrected chi connectivity index (χ1v) is 7.67. The molecule has 8 heteroatoms. The molecule has 1 saturated heterocycles. The molecule has 7 nitrogen and oxygen atoms in total. The van der Waals surface area contributed by atoms with Crippen LogP contribution in [0.5, 0.6) is 0 Å². The summed E-state index contributed by atoms with van der Waals surface area (Å²) < 4.78 is 26.6. The first-order valence-electron chi connectivity index (χ1n) is 6.23. The highest BCUT2D eigenvalue weighted by molar-refractivity contribution is 7.89. The van der Waals surface area contributed by atoms with Crippen LogP contribution in [-0.2, 0) is 10.0 Å². The molecule has 1 heterocycles. The van der Waals surface area contributed by atoms with Crippen molar-refractivity contribution in [1.29, 1.82) is 0 Å². The fraction of sp³-hybridized carbons (Fsp3) is 0.500. The number of rotatable bonds is 3. The number of hydrogen-bond donors (Lipinski definition) is 1. The molecule has 110 valence electrons. The zero-order chi connectivity index (χ0) is 15.1. The van der Waals surface area contributed by atoms with Gasteiger partial charge in [-0.1, -0.05) is 0 Å². The van der Waals surface area contributed by atoms with Crippen LogP contribution in [0.1, 0.15) is 26.7 Å². The summed E-state index contributed by atoms with van der Waals surface area (Å²) in [5.74, 6) is 0. The van der Waals surface area contributed by atoms with E-state index in [2.05, 4.69) is 0 Å². The van der Waals surface area contributed by atoms with Gasteiger partial charge in [-0.2, -0.15) is 4.31 Å². The summed E-state index contributed by atoms with van der Waals surface area (Å²) >= 11 is 0. The van der Waals surface area contributed by atoms with Crippen LogP contribution in [0.3, 0.4) is 0 Å². The number of nitrogens with two attached hydrogens (primary N) is 1. The number of nitro groups is 1. The van der Waals surface area contributed by atoms with Gasteiger partial charge < -0.3 is 5.73 Å². The second-order valence-electron chi connectivity index (χ2n) is 5.47. The van der Waals surface area contributed by atoms with Gasteiger partial charge in [-0.05, 0) is 38.8 Å². The minimum atomic E-state index is -3.68. The van der Waals surface area contributed by atoms with Crippen molar-refractivity contribution < 1.29 is 13.3 Å². The van der Waals surface area contributed by atoms with Gasteiger partial charge in [-0.3, -0.25) is 10.1 Å². The normalized spacial score (nSPS) is 19.1. The molecule has 0 amide bonds. The summed E-state index contributed by atoms with van der Waals surface area (Å²) in [4.78, 5) is 10.1.